The molecule has 0 aromatic heterocycles. The van der Waals surface area contributed by atoms with E-state index >= 15 is 0 Å². The molecule has 0 spiro atoms. The number of rotatable bonds is 13. The van der Waals surface area contributed by atoms with Gasteiger partial charge in [0.15, 0.2) is 18.1 Å². The number of hydrazone groups is 1. The van der Waals surface area contributed by atoms with Crippen molar-refractivity contribution in [2.45, 2.75) is 33.1 Å². The molecule has 8 heteroatoms. The summed E-state index contributed by atoms with van der Waals surface area (Å²) in [5.41, 5.74) is 4.72. The molecule has 0 atom stereocenters. The number of methoxy groups -OCH3 is 1. The minimum absolute atomic E-state index is 0.157. The Labute approximate surface area is 217 Å². The molecule has 3 rings (SSSR count). The predicted octanol–water partition coefficient (Wildman–Crippen LogP) is 5.18. The minimum atomic E-state index is -0.520. The number of esters is 1. The van der Waals surface area contributed by atoms with Crippen LogP contribution in [-0.2, 0) is 11.2 Å². The zero-order valence-electron chi connectivity index (χ0n) is 21.4. The number of benzene rings is 3. The molecular formula is C29H32N2O6. The van der Waals surface area contributed by atoms with Gasteiger partial charge >= 0.3 is 5.97 Å². The summed E-state index contributed by atoms with van der Waals surface area (Å²) in [7, 11) is 1.56. The van der Waals surface area contributed by atoms with Crippen LogP contribution in [0.1, 0.15) is 48.2 Å². The first kappa shape index (κ1) is 27.3. The molecule has 0 aliphatic rings. The largest absolute Gasteiger partial charge is 0.497 e. The molecular weight excluding hydrogens is 472 g/mol. The maximum Gasteiger partial charge on any atom is 0.343 e. The summed E-state index contributed by atoms with van der Waals surface area (Å²) in [4.78, 5) is 24.6. The lowest BCUT2D eigenvalue weighted by Gasteiger charge is -2.11. The van der Waals surface area contributed by atoms with Gasteiger partial charge in [0, 0.05) is 0 Å². The van der Waals surface area contributed by atoms with E-state index in [2.05, 4.69) is 17.5 Å². The van der Waals surface area contributed by atoms with E-state index in [0.717, 1.165) is 19.3 Å². The Kier molecular flexibility index (Phi) is 10.5. The molecule has 1 N–H and O–H groups in total. The average Bonchev–Trinajstić information content (AvgIpc) is 2.92. The van der Waals surface area contributed by atoms with Gasteiger partial charge in [-0.15, -0.1) is 0 Å². The highest BCUT2D eigenvalue weighted by molar-refractivity contribution is 5.92. The number of hydrogen-bond donors (Lipinski definition) is 1. The fourth-order valence-corrected chi connectivity index (χ4v) is 3.34. The normalized spacial score (nSPS) is 10.7. The lowest BCUT2D eigenvalue weighted by Crippen LogP contribution is -2.24. The number of carbonyl (C=O) groups is 2. The second kappa shape index (κ2) is 14.3. The first-order valence-electron chi connectivity index (χ1n) is 12.2. The Hall–Kier alpha value is -4.33. The van der Waals surface area contributed by atoms with Crippen LogP contribution in [0.3, 0.4) is 0 Å². The van der Waals surface area contributed by atoms with E-state index in [1.807, 2.05) is 31.2 Å². The predicted molar refractivity (Wildman–Crippen MR) is 142 cm³/mol. The molecule has 1 amide bonds. The number of ether oxygens (including phenoxy) is 4. The van der Waals surface area contributed by atoms with Crippen LogP contribution in [-0.4, -0.2) is 38.4 Å². The van der Waals surface area contributed by atoms with Crippen LogP contribution in [0.2, 0.25) is 0 Å². The summed E-state index contributed by atoms with van der Waals surface area (Å²) < 4.78 is 21.8. The first-order valence-corrected chi connectivity index (χ1v) is 12.2. The molecule has 8 nitrogen and oxygen atoms in total. The van der Waals surface area contributed by atoms with Gasteiger partial charge in [0.25, 0.3) is 5.91 Å². The van der Waals surface area contributed by atoms with Crippen molar-refractivity contribution in [3.8, 4) is 23.0 Å². The summed E-state index contributed by atoms with van der Waals surface area (Å²) in [6.07, 6.45) is 4.79. The zero-order valence-corrected chi connectivity index (χ0v) is 21.4. The van der Waals surface area contributed by atoms with Gasteiger partial charge < -0.3 is 18.9 Å². The van der Waals surface area contributed by atoms with Crippen LogP contribution in [0.4, 0.5) is 0 Å². The monoisotopic (exact) mass is 504 g/mol. The molecule has 0 saturated carbocycles. The van der Waals surface area contributed by atoms with Crippen molar-refractivity contribution in [3.63, 3.8) is 0 Å². The van der Waals surface area contributed by atoms with Crippen molar-refractivity contribution in [2.75, 3.05) is 20.3 Å². The van der Waals surface area contributed by atoms with E-state index in [-0.39, 0.29) is 18.3 Å². The maximum atomic E-state index is 12.5. The molecule has 0 aliphatic heterocycles. The average molecular weight is 505 g/mol. The van der Waals surface area contributed by atoms with Crippen molar-refractivity contribution in [1.82, 2.24) is 5.43 Å². The maximum absolute atomic E-state index is 12.5. The molecule has 0 bridgehead atoms. The topological polar surface area (TPSA) is 95.5 Å². The Morgan fingerprint density at radius 3 is 2.30 bits per heavy atom. The van der Waals surface area contributed by atoms with Crippen LogP contribution in [0.25, 0.3) is 0 Å². The van der Waals surface area contributed by atoms with Gasteiger partial charge in [0.05, 0.1) is 25.5 Å². The van der Waals surface area contributed by atoms with Crippen LogP contribution >= 0.6 is 0 Å². The van der Waals surface area contributed by atoms with Crippen molar-refractivity contribution in [2.24, 2.45) is 5.10 Å². The third-order valence-corrected chi connectivity index (χ3v) is 5.31. The molecule has 0 unspecified atom stereocenters. The molecule has 0 aliphatic carbocycles. The Balaban J connectivity index is 1.53. The number of amides is 1. The summed E-state index contributed by atoms with van der Waals surface area (Å²) in [5.74, 6) is 1.02. The van der Waals surface area contributed by atoms with Gasteiger partial charge in [-0.2, -0.15) is 5.10 Å². The smallest absolute Gasteiger partial charge is 0.343 e. The van der Waals surface area contributed by atoms with Gasteiger partial charge in [-0.25, -0.2) is 10.2 Å². The zero-order chi connectivity index (χ0) is 26.5. The third-order valence-electron chi connectivity index (χ3n) is 5.31. The van der Waals surface area contributed by atoms with Gasteiger partial charge in [-0.1, -0.05) is 25.5 Å². The Morgan fingerprint density at radius 1 is 0.892 bits per heavy atom. The number of nitrogens with zero attached hydrogens (tertiary/aromatic N) is 1. The van der Waals surface area contributed by atoms with Crippen molar-refractivity contribution < 1.29 is 28.5 Å². The van der Waals surface area contributed by atoms with Gasteiger partial charge in [0.1, 0.15) is 11.5 Å². The lowest BCUT2D eigenvalue weighted by atomic mass is 10.1. The highest BCUT2D eigenvalue weighted by atomic mass is 16.6. The van der Waals surface area contributed by atoms with Crippen LogP contribution < -0.4 is 24.4 Å². The summed E-state index contributed by atoms with van der Waals surface area (Å²) in [6, 6.07) is 19.3. The molecule has 3 aromatic rings. The van der Waals surface area contributed by atoms with E-state index < -0.39 is 5.97 Å². The standard InChI is InChI=1S/C29H32N2O6/c1-4-6-7-21-8-13-25(14-9-21)36-20-28(32)31-30-19-22-10-17-26(27(18-22)35-5-2)37-29(33)23-11-15-24(34-3)16-12-23/h8-19H,4-7,20H2,1-3H3,(H,31,32)/b30-19+. The number of nitrogens with one attached hydrogen (secondary N) is 1. The lowest BCUT2D eigenvalue weighted by molar-refractivity contribution is -0.123. The summed E-state index contributed by atoms with van der Waals surface area (Å²) in [6.45, 7) is 4.21. The second-order valence-electron chi connectivity index (χ2n) is 8.09. The van der Waals surface area contributed by atoms with E-state index in [0.29, 0.717) is 35.0 Å². The Morgan fingerprint density at radius 2 is 1.62 bits per heavy atom. The molecule has 3 aromatic carbocycles. The quantitative estimate of drug-likeness (QED) is 0.149. The fourth-order valence-electron chi connectivity index (χ4n) is 3.34. The van der Waals surface area contributed by atoms with Crippen molar-refractivity contribution in [1.29, 1.82) is 0 Å². The molecule has 0 heterocycles. The molecule has 37 heavy (non-hydrogen) atoms. The van der Waals surface area contributed by atoms with E-state index in [4.69, 9.17) is 18.9 Å². The number of carbonyl (C=O) groups excluding carboxylic acids is 2. The second-order valence-corrected chi connectivity index (χ2v) is 8.09. The van der Waals surface area contributed by atoms with Gasteiger partial charge in [-0.05, 0) is 85.5 Å². The Bertz CT molecular complexity index is 1190. The van der Waals surface area contributed by atoms with E-state index in [1.165, 1.54) is 11.8 Å². The summed E-state index contributed by atoms with van der Waals surface area (Å²) in [5, 5.41) is 3.98. The molecule has 194 valence electrons. The van der Waals surface area contributed by atoms with Gasteiger partial charge in [-0.3, -0.25) is 4.79 Å². The highest BCUT2D eigenvalue weighted by Gasteiger charge is 2.13. The number of aryl methyl sites for hydroxylation is 1. The van der Waals surface area contributed by atoms with Crippen LogP contribution in [0.5, 0.6) is 23.0 Å². The third kappa shape index (κ3) is 8.68. The van der Waals surface area contributed by atoms with Gasteiger partial charge in [0.2, 0.25) is 0 Å². The SMILES string of the molecule is CCCCc1ccc(OCC(=O)N/N=C/c2ccc(OC(=O)c3ccc(OC)cc3)c(OCC)c2)cc1. The molecule has 0 saturated heterocycles. The highest BCUT2D eigenvalue weighted by Crippen LogP contribution is 2.29. The van der Waals surface area contributed by atoms with E-state index in [1.54, 1.807) is 49.6 Å². The van der Waals surface area contributed by atoms with Crippen molar-refractivity contribution in [3.05, 3.63) is 83.4 Å². The van der Waals surface area contributed by atoms with Crippen LogP contribution in [0.15, 0.2) is 71.8 Å². The first-order chi connectivity index (χ1) is 18.0. The fraction of sp³-hybridized carbons (Fsp3) is 0.276. The molecule has 0 radical (unpaired) electrons. The minimum Gasteiger partial charge on any atom is -0.497 e. The molecule has 0 fully saturated rings. The van der Waals surface area contributed by atoms with E-state index in [9.17, 15) is 9.59 Å². The summed E-state index contributed by atoms with van der Waals surface area (Å²) >= 11 is 0. The van der Waals surface area contributed by atoms with Crippen molar-refractivity contribution >= 4 is 18.1 Å². The number of unbranched alkanes of at least 4 members (excludes halogenated alkanes) is 1. The van der Waals surface area contributed by atoms with Crippen LogP contribution in [0, 0.1) is 0 Å². The number of hydrogen-bond acceptors (Lipinski definition) is 7.